The molecule has 1 heteroatoms. The summed E-state index contributed by atoms with van der Waals surface area (Å²) < 4.78 is 0. The average Bonchev–Trinajstić information content (AvgIpc) is 1.80. The van der Waals surface area contributed by atoms with Gasteiger partial charge in [0.1, 0.15) is 0 Å². The van der Waals surface area contributed by atoms with E-state index in [1.54, 1.807) is 0 Å². The van der Waals surface area contributed by atoms with Crippen molar-refractivity contribution in [1.29, 1.82) is 0 Å². The molecular formula is C9H11Y-. The third-order valence-electron chi connectivity index (χ3n) is 1.55. The van der Waals surface area contributed by atoms with Gasteiger partial charge in [0, 0.05) is 32.7 Å². The van der Waals surface area contributed by atoms with Gasteiger partial charge in [-0.1, -0.05) is 20.8 Å². The second-order valence-electron chi connectivity index (χ2n) is 2.49. The molecule has 0 amide bonds. The Hall–Kier alpha value is 0.324. The molecule has 0 N–H and O–H groups in total. The molecule has 1 aromatic rings. The molecule has 1 radical (unpaired) electrons. The second-order valence-corrected chi connectivity index (χ2v) is 2.49. The number of rotatable bonds is 0. The minimum atomic E-state index is 0. The predicted octanol–water partition coefficient (Wildman–Crippen LogP) is 2.41. The molecule has 0 unspecified atom stereocenters. The van der Waals surface area contributed by atoms with Crippen LogP contribution in [0.15, 0.2) is 12.1 Å². The number of benzene rings is 1. The van der Waals surface area contributed by atoms with Gasteiger partial charge < -0.3 is 0 Å². The topological polar surface area (TPSA) is 0 Å². The fourth-order valence-electron chi connectivity index (χ4n) is 0.827. The largest absolute Gasteiger partial charge is 0.180 e. The van der Waals surface area contributed by atoms with Gasteiger partial charge in [-0.05, 0) is 0 Å². The van der Waals surface area contributed by atoms with Crippen LogP contribution in [0.4, 0.5) is 0 Å². The first kappa shape index (κ1) is 10.3. The van der Waals surface area contributed by atoms with Crippen molar-refractivity contribution < 1.29 is 32.7 Å². The van der Waals surface area contributed by atoms with E-state index in [1.807, 2.05) is 6.07 Å². The first-order chi connectivity index (χ1) is 4.20. The molecule has 0 fully saturated rings. The van der Waals surface area contributed by atoms with Crippen LogP contribution in [0.2, 0.25) is 0 Å². The van der Waals surface area contributed by atoms with Gasteiger partial charge in [0.05, 0.1) is 0 Å². The summed E-state index contributed by atoms with van der Waals surface area (Å²) in [6.45, 7) is 6.27. The molecule has 0 aliphatic heterocycles. The normalized spacial score (nSPS) is 8.70. The third-order valence-corrected chi connectivity index (χ3v) is 1.55. The van der Waals surface area contributed by atoms with Crippen LogP contribution < -0.4 is 0 Å². The van der Waals surface area contributed by atoms with E-state index in [4.69, 9.17) is 0 Å². The molecule has 0 atom stereocenters. The maximum atomic E-state index is 3.17. The number of hydrogen-bond acceptors (Lipinski definition) is 0. The summed E-state index contributed by atoms with van der Waals surface area (Å²) >= 11 is 0. The molecule has 1 rings (SSSR count). The second kappa shape index (κ2) is 4.25. The first-order valence-electron chi connectivity index (χ1n) is 3.15. The molecule has 0 saturated carbocycles. The van der Waals surface area contributed by atoms with E-state index >= 15 is 0 Å². The smallest absolute Gasteiger partial charge is 0 e. The molecule has 0 aliphatic rings. The molecule has 0 bridgehead atoms. The SMILES string of the molecule is Cc1c[c-]c(C)c(C)c1.[Y]. The monoisotopic (exact) mass is 208 g/mol. The van der Waals surface area contributed by atoms with Crippen molar-refractivity contribution >= 4 is 0 Å². The van der Waals surface area contributed by atoms with Crippen LogP contribution in [-0.4, -0.2) is 0 Å². The van der Waals surface area contributed by atoms with Crippen molar-refractivity contribution in [3.63, 3.8) is 0 Å². The van der Waals surface area contributed by atoms with Crippen LogP contribution in [0.25, 0.3) is 0 Å². The Kier molecular flexibility index (Phi) is 4.39. The fraction of sp³-hybridized carbons (Fsp3) is 0.333. The van der Waals surface area contributed by atoms with Gasteiger partial charge in [0.2, 0.25) is 0 Å². The minimum Gasteiger partial charge on any atom is -0.180 e. The molecule has 0 spiro atoms. The van der Waals surface area contributed by atoms with Gasteiger partial charge in [0.25, 0.3) is 0 Å². The van der Waals surface area contributed by atoms with Crippen LogP contribution in [0, 0.1) is 26.8 Å². The van der Waals surface area contributed by atoms with E-state index in [2.05, 4.69) is 32.9 Å². The van der Waals surface area contributed by atoms with E-state index in [0.717, 1.165) is 0 Å². The number of aryl methyl sites for hydroxylation is 3. The Labute approximate surface area is 87.9 Å². The maximum absolute atomic E-state index is 3.17. The third kappa shape index (κ3) is 2.52. The molecule has 0 nitrogen and oxygen atoms in total. The van der Waals surface area contributed by atoms with Gasteiger partial charge in [0.15, 0.2) is 0 Å². The van der Waals surface area contributed by atoms with Crippen molar-refractivity contribution in [2.45, 2.75) is 20.8 Å². The Morgan fingerprint density at radius 3 is 2.20 bits per heavy atom. The minimum absolute atomic E-state index is 0. The van der Waals surface area contributed by atoms with Gasteiger partial charge in [-0.3, -0.25) is 0 Å². The summed E-state index contributed by atoms with van der Waals surface area (Å²) in [6.07, 6.45) is 0. The molecular weight excluding hydrogens is 197 g/mol. The van der Waals surface area contributed by atoms with E-state index in [-0.39, 0.29) is 32.7 Å². The van der Waals surface area contributed by atoms with E-state index in [9.17, 15) is 0 Å². The average molecular weight is 208 g/mol. The van der Waals surface area contributed by atoms with Crippen molar-refractivity contribution in [2.75, 3.05) is 0 Å². The summed E-state index contributed by atoms with van der Waals surface area (Å²) in [5, 5.41) is 0. The van der Waals surface area contributed by atoms with Gasteiger partial charge in [-0.25, -0.2) is 0 Å². The summed E-state index contributed by atoms with van der Waals surface area (Å²) in [4.78, 5) is 0. The summed E-state index contributed by atoms with van der Waals surface area (Å²) in [6, 6.07) is 7.36. The zero-order chi connectivity index (χ0) is 6.85. The first-order valence-corrected chi connectivity index (χ1v) is 3.15. The van der Waals surface area contributed by atoms with E-state index in [1.165, 1.54) is 16.7 Å². The Bertz CT molecular complexity index is 216. The van der Waals surface area contributed by atoms with Crippen LogP contribution in [0.3, 0.4) is 0 Å². The zero-order valence-electron chi connectivity index (χ0n) is 6.73. The summed E-state index contributed by atoms with van der Waals surface area (Å²) in [7, 11) is 0. The van der Waals surface area contributed by atoms with E-state index in [0.29, 0.717) is 0 Å². The van der Waals surface area contributed by atoms with Gasteiger partial charge >= 0.3 is 0 Å². The predicted molar refractivity (Wildman–Crippen MR) is 39.5 cm³/mol. The molecule has 0 saturated heterocycles. The Morgan fingerprint density at radius 1 is 1.20 bits per heavy atom. The molecule has 1 aromatic carbocycles. The Morgan fingerprint density at radius 2 is 1.80 bits per heavy atom. The summed E-state index contributed by atoms with van der Waals surface area (Å²) in [5.41, 5.74) is 3.87. The van der Waals surface area contributed by atoms with E-state index < -0.39 is 0 Å². The molecule has 0 aromatic heterocycles. The standard InChI is InChI=1S/C9H11.Y/c1-7-4-5-8(2)9(3)6-7;/h4,6H,1-3H3;/q-1;. The zero-order valence-corrected chi connectivity index (χ0v) is 9.57. The quantitative estimate of drug-likeness (QED) is 0.574. The van der Waals surface area contributed by atoms with Gasteiger partial charge in [-0.2, -0.15) is 34.9 Å². The van der Waals surface area contributed by atoms with Crippen molar-refractivity contribution in [2.24, 2.45) is 0 Å². The van der Waals surface area contributed by atoms with Crippen LogP contribution in [0.5, 0.6) is 0 Å². The maximum Gasteiger partial charge on any atom is 0 e. The summed E-state index contributed by atoms with van der Waals surface area (Å²) in [5.74, 6) is 0. The van der Waals surface area contributed by atoms with Gasteiger partial charge in [-0.15, -0.1) is 0 Å². The van der Waals surface area contributed by atoms with Crippen molar-refractivity contribution in [3.05, 3.63) is 34.9 Å². The van der Waals surface area contributed by atoms with Crippen LogP contribution in [0.1, 0.15) is 16.7 Å². The van der Waals surface area contributed by atoms with Crippen molar-refractivity contribution in [3.8, 4) is 0 Å². The Balaban J connectivity index is 0.000000810. The van der Waals surface area contributed by atoms with Crippen LogP contribution in [-0.2, 0) is 32.7 Å². The molecule has 0 heterocycles. The van der Waals surface area contributed by atoms with Crippen molar-refractivity contribution in [1.82, 2.24) is 0 Å². The molecule has 0 aliphatic carbocycles. The molecule has 51 valence electrons. The molecule has 10 heavy (non-hydrogen) atoms. The number of hydrogen-bond donors (Lipinski definition) is 0. The van der Waals surface area contributed by atoms with Crippen LogP contribution >= 0.6 is 0 Å². The fourth-order valence-corrected chi connectivity index (χ4v) is 0.827.